The molecule has 2 aromatic heterocycles. The number of aromatic nitrogens is 4. The zero-order valence-electron chi connectivity index (χ0n) is 14.7. The molecule has 2 aromatic carbocycles. The Morgan fingerprint density at radius 3 is 2.81 bits per heavy atom. The summed E-state index contributed by atoms with van der Waals surface area (Å²) >= 11 is 0. The van der Waals surface area contributed by atoms with Gasteiger partial charge in [0, 0.05) is 29.3 Å². The van der Waals surface area contributed by atoms with Gasteiger partial charge >= 0.3 is 0 Å². The number of imidazole rings is 2. The molecular weight excluding hydrogens is 326 g/mol. The van der Waals surface area contributed by atoms with Gasteiger partial charge in [0.05, 0.1) is 23.1 Å². The maximum Gasteiger partial charge on any atom is 0.114 e. The summed E-state index contributed by atoms with van der Waals surface area (Å²) in [4.78, 5) is 13.8. The molecule has 0 saturated heterocycles. The van der Waals surface area contributed by atoms with Gasteiger partial charge in [-0.25, -0.2) is 9.97 Å². The fraction of sp³-hybridized carbons (Fsp3) is 0.150. The zero-order chi connectivity index (χ0) is 17.9. The van der Waals surface area contributed by atoms with Gasteiger partial charge in [0.1, 0.15) is 12.9 Å². The molecule has 130 valence electrons. The molecule has 0 bridgehead atoms. The van der Waals surface area contributed by atoms with Crippen LogP contribution in [-0.4, -0.2) is 31.4 Å². The van der Waals surface area contributed by atoms with Crippen LogP contribution in [0.5, 0.6) is 0 Å². The standard InChI is InChI=1S/C20H19N5O/c1-3-26-23-15(2)16-7-8-20-19(11-16)22-14-25(20)18-6-4-5-17(12-18)24-10-9-21-13-24/h4-14H,3H2,1-2H3/b23-15-. The van der Waals surface area contributed by atoms with Crippen molar-refractivity contribution in [1.82, 2.24) is 19.1 Å². The van der Waals surface area contributed by atoms with E-state index in [9.17, 15) is 0 Å². The number of hydrogen-bond donors (Lipinski definition) is 0. The van der Waals surface area contributed by atoms with Crippen molar-refractivity contribution in [3.8, 4) is 11.4 Å². The second kappa shape index (κ2) is 6.84. The average molecular weight is 345 g/mol. The minimum absolute atomic E-state index is 0.557. The topological polar surface area (TPSA) is 57.2 Å². The van der Waals surface area contributed by atoms with Crippen molar-refractivity contribution in [2.75, 3.05) is 6.61 Å². The highest BCUT2D eigenvalue weighted by atomic mass is 16.6. The van der Waals surface area contributed by atoms with Crippen molar-refractivity contribution in [1.29, 1.82) is 0 Å². The third kappa shape index (κ3) is 2.97. The van der Waals surface area contributed by atoms with E-state index in [-0.39, 0.29) is 0 Å². The number of oxime groups is 1. The van der Waals surface area contributed by atoms with Gasteiger partial charge in [0.25, 0.3) is 0 Å². The highest BCUT2D eigenvalue weighted by Gasteiger charge is 2.08. The van der Waals surface area contributed by atoms with Gasteiger partial charge in [-0.15, -0.1) is 0 Å². The van der Waals surface area contributed by atoms with Crippen molar-refractivity contribution in [3.63, 3.8) is 0 Å². The van der Waals surface area contributed by atoms with Crippen LogP contribution in [0.4, 0.5) is 0 Å². The van der Waals surface area contributed by atoms with Crippen molar-refractivity contribution in [3.05, 3.63) is 73.1 Å². The molecule has 0 amide bonds. The minimum atomic E-state index is 0.557. The summed E-state index contributed by atoms with van der Waals surface area (Å²) in [7, 11) is 0. The average Bonchev–Trinajstić information content (AvgIpc) is 3.35. The summed E-state index contributed by atoms with van der Waals surface area (Å²) in [6.07, 6.45) is 7.33. The van der Waals surface area contributed by atoms with E-state index in [2.05, 4.69) is 44.0 Å². The Hall–Kier alpha value is -3.41. The molecule has 26 heavy (non-hydrogen) atoms. The van der Waals surface area contributed by atoms with Crippen LogP contribution in [0.2, 0.25) is 0 Å². The smallest absolute Gasteiger partial charge is 0.114 e. The second-order valence-electron chi connectivity index (χ2n) is 5.90. The lowest BCUT2D eigenvalue weighted by Crippen LogP contribution is -1.98. The van der Waals surface area contributed by atoms with Gasteiger partial charge in [0.15, 0.2) is 0 Å². The molecule has 0 N–H and O–H groups in total. The van der Waals surface area contributed by atoms with Gasteiger partial charge in [-0.1, -0.05) is 17.3 Å². The first-order valence-electron chi connectivity index (χ1n) is 8.49. The van der Waals surface area contributed by atoms with Crippen LogP contribution >= 0.6 is 0 Å². The monoisotopic (exact) mass is 345 g/mol. The number of fused-ring (bicyclic) bond motifs is 1. The van der Waals surface area contributed by atoms with E-state index in [1.807, 2.05) is 49.1 Å². The van der Waals surface area contributed by atoms with Gasteiger partial charge in [0.2, 0.25) is 0 Å². The molecule has 0 fully saturated rings. The summed E-state index contributed by atoms with van der Waals surface area (Å²) in [5, 5.41) is 4.10. The first-order valence-corrected chi connectivity index (χ1v) is 8.49. The number of benzene rings is 2. The van der Waals surface area contributed by atoms with Gasteiger partial charge < -0.3 is 9.40 Å². The highest BCUT2D eigenvalue weighted by Crippen LogP contribution is 2.21. The Bertz CT molecular complexity index is 1060. The molecule has 0 aliphatic carbocycles. The third-order valence-electron chi connectivity index (χ3n) is 4.21. The van der Waals surface area contributed by atoms with Crippen LogP contribution in [-0.2, 0) is 4.84 Å². The molecule has 0 saturated carbocycles. The predicted molar refractivity (Wildman–Crippen MR) is 102 cm³/mol. The summed E-state index contributed by atoms with van der Waals surface area (Å²) in [5.41, 5.74) is 5.90. The number of nitrogens with zero attached hydrogens (tertiary/aromatic N) is 5. The SMILES string of the molecule is CCO/N=C(/C)c1ccc2c(c1)ncn2-c1cccc(-n2ccnc2)c1. The first-order chi connectivity index (χ1) is 12.8. The molecule has 6 heteroatoms. The van der Waals surface area contributed by atoms with E-state index < -0.39 is 0 Å². The summed E-state index contributed by atoms with van der Waals surface area (Å²) in [6, 6.07) is 14.4. The Kier molecular flexibility index (Phi) is 4.23. The van der Waals surface area contributed by atoms with E-state index >= 15 is 0 Å². The van der Waals surface area contributed by atoms with E-state index in [0.717, 1.165) is 33.7 Å². The lowest BCUT2D eigenvalue weighted by molar-refractivity contribution is 0.159. The molecule has 4 rings (SSSR count). The molecule has 0 aliphatic rings. The number of rotatable bonds is 5. The molecule has 0 unspecified atom stereocenters. The molecule has 0 aliphatic heterocycles. The highest BCUT2D eigenvalue weighted by molar-refractivity contribution is 6.00. The van der Waals surface area contributed by atoms with Crippen LogP contribution in [0.1, 0.15) is 19.4 Å². The van der Waals surface area contributed by atoms with Crippen molar-refractivity contribution < 1.29 is 4.84 Å². The van der Waals surface area contributed by atoms with Crippen LogP contribution in [0.3, 0.4) is 0 Å². The van der Waals surface area contributed by atoms with Gasteiger partial charge in [-0.2, -0.15) is 0 Å². The second-order valence-corrected chi connectivity index (χ2v) is 5.90. The van der Waals surface area contributed by atoms with Crippen LogP contribution in [0.15, 0.2) is 72.7 Å². The molecule has 0 radical (unpaired) electrons. The van der Waals surface area contributed by atoms with Gasteiger partial charge in [-0.05, 0) is 44.2 Å². The molecule has 4 aromatic rings. The first kappa shape index (κ1) is 16.1. The molecule has 0 spiro atoms. The van der Waals surface area contributed by atoms with Crippen LogP contribution in [0, 0.1) is 0 Å². The fourth-order valence-corrected chi connectivity index (χ4v) is 2.87. The maximum absolute atomic E-state index is 5.14. The largest absolute Gasteiger partial charge is 0.396 e. The lowest BCUT2D eigenvalue weighted by Gasteiger charge is -2.08. The quantitative estimate of drug-likeness (QED) is 0.406. The molecule has 0 atom stereocenters. The van der Waals surface area contributed by atoms with Crippen LogP contribution < -0.4 is 0 Å². The minimum Gasteiger partial charge on any atom is -0.396 e. The normalized spacial score (nSPS) is 11.8. The van der Waals surface area contributed by atoms with Crippen molar-refractivity contribution in [2.24, 2.45) is 5.16 Å². The van der Waals surface area contributed by atoms with E-state index in [4.69, 9.17) is 4.84 Å². The fourth-order valence-electron chi connectivity index (χ4n) is 2.87. The maximum atomic E-state index is 5.14. The summed E-state index contributed by atoms with van der Waals surface area (Å²) in [5.74, 6) is 0. The number of hydrogen-bond acceptors (Lipinski definition) is 4. The third-order valence-corrected chi connectivity index (χ3v) is 4.21. The lowest BCUT2D eigenvalue weighted by atomic mass is 10.1. The molecular formula is C20H19N5O. The zero-order valence-corrected chi connectivity index (χ0v) is 14.7. The van der Waals surface area contributed by atoms with Crippen molar-refractivity contribution in [2.45, 2.75) is 13.8 Å². The van der Waals surface area contributed by atoms with Gasteiger partial charge in [-0.3, -0.25) is 4.57 Å². The summed E-state index contributed by atoms with van der Waals surface area (Å²) in [6.45, 7) is 4.41. The van der Waals surface area contributed by atoms with Crippen molar-refractivity contribution >= 4 is 16.7 Å². The Morgan fingerprint density at radius 1 is 1.12 bits per heavy atom. The summed E-state index contributed by atoms with van der Waals surface area (Å²) < 4.78 is 4.06. The van der Waals surface area contributed by atoms with E-state index in [1.165, 1.54) is 0 Å². The molecule has 2 heterocycles. The van der Waals surface area contributed by atoms with E-state index in [1.54, 1.807) is 12.5 Å². The Balaban J connectivity index is 1.73. The predicted octanol–water partition coefficient (Wildman–Crippen LogP) is 3.97. The van der Waals surface area contributed by atoms with Crippen LogP contribution in [0.25, 0.3) is 22.4 Å². The Labute approximate surface area is 151 Å². The Morgan fingerprint density at radius 2 is 2.00 bits per heavy atom. The van der Waals surface area contributed by atoms with E-state index in [0.29, 0.717) is 6.61 Å². The molecule has 6 nitrogen and oxygen atoms in total.